The maximum absolute atomic E-state index is 5.98. The zero-order valence-electron chi connectivity index (χ0n) is 11.5. The van der Waals surface area contributed by atoms with Crippen molar-refractivity contribution in [3.05, 3.63) is 0 Å². The summed E-state index contributed by atoms with van der Waals surface area (Å²) in [5, 5.41) is 0. The van der Waals surface area contributed by atoms with Gasteiger partial charge in [-0.2, -0.15) is 0 Å². The van der Waals surface area contributed by atoms with Crippen molar-refractivity contribution >= 4 is 0 Å². The van der Waals surface area contributed by atoms with E-state index < -0.39 is 0 Å². The maximum Gasteiger partial charge on any atom is 0.0576 e. The second kappa shape index (κ2) is 6.88. The van der Waals surface area contributed by atoms with Gasteiger partial charge in [-0.25, -0.2) is 0 Å². The van der Waals surface area contributed by atoms with E-state index in [1.165, 1.54) is 51.6 Å². The molecule has 1 aliphatic heterocycles. The molecule has 2 rings (SSSR count). The SMILES string of the molecule is C.CCOC1CCC(C)(N2CCC(N)CC2)CC1. The lowest BCUT2D eigenvalue weighted by atomic mass is 9.79. The third-order valence-corrected chi connectivity index (χ3v) is 4.72. The molecule has 0 atom stereocenters. The van der Waals surface area contributed by atoms with Crippen molar-refractivity contribution in [1.29, 1.82) is 0 Å². The third kappa shape index (κ3) is 3.69. The number of rotatable bonds is 3. The highest BCUT2D eigenvalue weighted by Gasteiger charge is 2.37. The Hall–Kier alpha value is -0.120. The van der Waals surface area contributed by atoms with Crippen LogP contribution in [0.5, 0.6) is 0 Å². The molecule has 2 N–H and O–H groups in total. The summed E-state index contributed by atoms with van der Waals surface area (Å²) in [5.74, 6) is 0. The predicted octanol–water partition coefficient (Wildman–Crippen LogP) is 2.78. The Labute approximate surface area is 113 Å². The molecule has 1 aliphatic carbocycles. The third-order valence-electron chi connectivity index (χ3n) is 4.72. The van der Waals surface area contributed by atoms with Gasteiger partial charge in [-0.1, -0.05) is 7.43 Å². The van der Waals surface area contributed by atoms with Crippen LogP contribution in [0.15, 0.2) is 0 Å². The molecular weight excluding hydrogens is 224 g/mol. The summed E-state index contributed by atoms with van der Waals surface area (Å²) in [6.07, 6.45) is 7.88. The zero-order chi connectivity index (χ0) is 12.3. The molecule has 108 valence electrons. The lowest BCUT2D eigenvalue weighted by Crippen LogP contribution is -2.54. The number of hydrogen-bond donors (Lipinski definition) is 1. The van der Waals surface area contributed by atoms with E-state index in [1.807, 2.05) is 0 Å². The summed E-state index contributed by atoms with van der Waals surface area (Å²) in [5.41, 5.74) is 6.40. The largest absolute Gasteiger partial charge is 0.379 e. The molecule has 0 amide bonds. The van der Waals surface area contributed by atoms with Gasteiger partial charge in [0.15, 0.2) is 0 Å². The number of piperidine rings is 1. The summed E-state index contributed by atoms with van der Waals surface area (Å²) in [7, 11) is 0. The normalized spacial score (nSPS) is 35.2. The molecule has 0 aromatic carbocycles. The average Bonchev–Trinajstić information content (AvgIpc) is 2.33. The second-order valence-electron chi connectivity index (χ2n) is 5.98. The van der Waals surface area contributed by atoms with E-state index in [4.69, 9.17) is 10.5 Å². The first-order valence-corrected chi connectivity index (χ1v) is 7.26. The van der Waals surface area contributed by atoms with Crippen LogP contribution in [0, 0.1) is 0 Å². The smallest absolute Gasteiger partial charge is 0.0576 e. The Kier molecular flexibility index (Phi) is 6.09. The van der Waals surface area contributed by atoms with Crippen LogP contribution in [0.1, 0.15) is 59.8 Å². The van der Waals surface area contributed by atoms with E-state index in [0.29, 0.717) is 17.7 Å². The zero-order valence-corrected chi connectivity index (χ0v) is 11.5. The Morgan fingerprint density at radius 2 is 1.72 bits per heavy atom. The first kappa shape index (κ1) is 15.9. The van der Waals surface area contributed by atoms with Gasteiger partial charge in [-0.05, 0) is 52.4 Å². The number of hydrogen-bond acceptors (Lipinski definition) is 3. The van der Waals surface area contributed by atoms with Crippen molar-refractivity contribution in [2.45, 2.75) is 77.5 Å². The van der Waals surface area contributed by atoms with Crippen molar-refractivity contribution in [3.8, 4) is 0 Å². The molecule has 0 spiro atoms. The second-order valence-corrected chi connectivity index (χ2v) is 5.98. The van der Waals surface area contributed by atoms with E-state index in [1.54, 1.807) is 0 Å². The molecule has 0 bridgehead atoms. The minimum atomic E-state index is 0. The van der Waals surface area contributed by atoms with Crippen molar-refractivity contribution in [1.82, 2.24) is 4.90 Å². The minimum absolute atomic E-state index is 0. The van der Waals surface area contributed by atoms with Gasteiger partial charge >= 0.3 is 0 Å². The molecule has 18 heavy (non-hydrogen) atoms. The Morgan fingerprint density at radius 3 is 2.22 bits per heavy atom. The van der Waals surface area contributed by atoms with E-state index in [2.05, 4.69) is 18.7 Å². The van der Waals surface area contributed by atoms with E-state index in [0.717, 1.165) is 6.61 Å². The van der Waals surface area contributed by atoms with Crippen LogP contribution in [0.2, 0.25) is 0 Å². The Bertz CT molecular complexity index is 229. The van der Waals surface area contributed by atoms with Gasteiger partial charge in [0.1, 0.15) is 0 Å². The minimum Gasteiger partial charge on any atom is -0.379 e. The van der Waals surface area contributed by atoms with Gasteiger partial charge in [-0.3, -0.25) is 4.90 Å². The number of nitrogens with zero attached hydrogens (tertiary/aromatic N) is 1. The molecule has 3 heteroatoms. The summed E-state index contributed by atoms with van der Waals surface area (Å²) < 4.78 is 5.74. The fraction of sp³-hybridized carbons (Fsp3) is 1.00. The molecule has 2 fully saturated rings. The molecule has 1 saturated carbocycles. The van der Waals surface area contributed by atoms with Crippen molar-refractivity contribution < 1.29 is 4.74 Å². The molecule has 3 nitrogen and oxygen atoms in total. The van der Waals surface area contributed by atoms with Gasteiger partial charge in [0.05, 0.1) is 6.10 Å². The lowest BCUT2D eigenvalue weighted by Gasteiger charge is -2.48. The monoisotopic (exact) mass is 256 g/mol. The first-order chi connectivity index (χ1) is 8.14. The summed E-state index contributed by atoms with van der Waals surface area (Å²) in [6.45, 7) is 7.78. The molecule has 1 heterocycles. The summed E-state index contributed by atoms with van der Waals surface area (Å²) in [4.78, 5) is 2.68. The van der Waals surface area contributed by atoms with Crippen LogP contribution in [-0.2, 0) is 4.74 Å². The number of ether oxygens (including phenoxy) is 1. The number of likely N-dealkylation sites (tertiary alicyclic amines) is 1. The average molecular weight is 256 g/mol. The van der Waals surface area contributed by atoms with Crippen LogP contribution < -0.4 is 5.73 Å². The van der Waals surface area contributed by atoms with Gasteiger partial charge in [0.2, 0.25) is 0 Å². The van der Waals surface area contributed by atoms with Gasteiger partial charge in [-0.15, -0.1) is 0 Å². The molecule has 0 aromatic heterocycles. The highest BCUT2D eigenvalue weighted by atomic mass is 16.5. The first-order valence-electron chi connectivity index (χ1n) is 7.26. The van der Waals surface area contributed by atoms with E-state index >= 15 is 0 Å². The Balaban J connectivity index is 0.00000162. The van der Waals surface area contributed by atoms with Crippen molar-refractivity contribution in [2.75, 3.05) is 19.7 Å². The number of nitrogens with two attached hydrogens (primary N) is 1. The highest BCUT2D eigenvalue weighted by molar-refractivity contribution is 4.93. The summed E-state index contributed by atoms with van der Waals surface area (Å²) in [6, 6.07) is 0.439. The Morgan fingerprint density at radius 1 is 1.17 bits per heavy atom. The molecule has 0 aromatic rings. The van der Waals surface area contributed by atoms with Crippen LogP contribution in [0.4, 0.5) is 0 Å². The standard InChI is InChI=1S/C14H28N2O.CH4/c1-3-17-13-4-8-14(2,9-5-13)16-10-6-12(15)7-11-16;/h12-13H,3-11,15H2,1-2H3;1H4. The summed E-state index contributed by atoms with van der Waals surface area (Å²) >= 11 is 0. The van der Waals surface area contributed by atoms with Crippen LogP contribution >= 0.6 is 0 Å². The maximum atomic E-state index is 5.98. The topological polar surface area (TPSA) is 38.5 Å². The van der Waals surface area contributed by atoms with Gasteiger partial charge < -0.3 is 10.5 Å². The predicted molar refractivity (Wildman–Crippen MR) is 77.8 cm³/mol. The molecule has 0 unspecified atom stereocenters. The molecular formula is C15H32N2O. The highest BCUT2D eigenvalue weighted by Crippen LogP contribution is 2.35. The van der Waals surface area contributed by atoms with Gasteiger partial charge in [0.25, 0.3) is 0 Å². The quantitative estimate of drug-likeness (QED) is 0.844. The fourth-order valence-electron chi connectivity index (χ4n) is 3.37. The van der Waals surface area contributed by atoms with Crippen LogP contribution in [-0.4, -0.2) is 42.3 Å². The van der Waals surface area contributed by atoms with E-state index in [-0.39, 0.29) is 7.43 Å². The van der Waals surface area contributed by atoms with Crippen molar-refractivity contribution in [2.24, 2.45) is 5.73 Å². The van der Waals surface area contributed by atoms with Crippen LogP contribution in [0.3, 0.4) is 0 Å². The molecule has 1 saturated heterocycles. The lowest BCUT2D eigenvalue weighted by molar-refractivity contribution is -0.0248. The van der Waals surface area contributed by atoms with Crippen molar-refractivity contribution in [3.63, 3.8) is 0 Å². The van der Waals surface area contributed by atoms with Crippen LogP contribution in [0.25, 0.3) is 0 Å². The molecule has 2 aliphatic rings. The molecule has 0 radical (unpaired) electrons. The fourth-order valence-corrected chi connectivity index (χ4v) is 3.37. The van der Waals surface area contributed by atoms with E-state index in [9.17, 15) is 0 Å². The van der Waals surface area contributed by atoms with Gasteiger partial charge in [0, 0.05) is 31.3 Å².